The van der Waals surface area contributed by atoms with Gasteiger partial charge in [-0.3, -0.25) is 4.79 Å². The summed E-state index contributed by atoms with van der Waals surface area (Å²) in [5.41, 5.74) is 1.90. The highest BCUT2D eigenvalue weighted by Crippen LogP contribution is 2.23. The van der Waals surface area contributed by atoms with Crippen molar-refractivity contribution < 1.29 is 9.90 Å². The van der Waals surface area contributed by atoms with Crippen molar-refractivity contribution in [1.29, 1.82) is 0 Å². The first-order valence-corrected chi connectivity index (χ1v) is 8.76. The fourth-order valence-electron chi connectivity index (χ4n) is 3.67. The Morgan fingerprint density at radius 3 is 2.75 bits per heavy atom. The number of carbonyl (C=O) groups is 1. The molecule has 0 bridgehead atoms. The number of hydrogen-bond donors (Lipinski definition) is 1. The monoisotopic (exact) mass is 329 g/mol. The third-order valence-electron chi connectivity index (χ3n) is 5.20. The van der Waals surface area contributed by atoms with E-state index in [2.05, 4.69) is 22.6 Å². The molecule has 0 atom stereocenters. The van der Waals surface area contributed by atoms with Crippen LogP contribution in [0, 0.1) is 0 Å². The second-order valence-electron chi connectivity index (χ2n) is 6.75. The number of aliphatic hydroxyl groups excluding tert-OH is 1. The number of carbonyl (C=O) groups excluding carboxylic acids is 1. The third kappa shape index (κ3) is 3.32. The molecule has 3 rings (SSSR count). The molecule has 5 nitrogen and oxygen atoms in total. The molecule has 1 aromatic carbocycles. The van der Waals surface area contributed by atoms with Crippen molar-refractivity contribution in [2.24, 2.45) is 7.05 Å². The maximum Gasteiger partial charge on any atom is 0.254 e. The first-order valence-electron chi connectivity index (χ1n) is 8.76. The molecule has 0 aliphatic carbocycles. The summed E-state index contributed by atoms with van der Waals surface area (Å²) in [6.07, 6.45) is 4.81. The first kappa shape index (κ1) is 17.0. The van der Waals surface area contributed by atoms with Crippen molar-refractivity contribution in [2.75, 3.05) is 33.3 Å². The summed E-state index contributed by atoms with van der Waals surface area (Å²) in [5, 5.41) is 10.00. The number of piperidine rings is 1. The molecule has 1 N–H and O–H groups in total. The van der Waals surface area contributed by atoms with Crippen molar-refractivity contribution >= 4 is 16.8 Å². The van der Waals surface area contributed by atoms with Gasteiger partial charge in [0.2, 0.25) is 0 Å². The van der Waals surface area contributed by atoms with Gasteiger partial charge in [0.1, 0.15) is 0 Å². The highest BCUT2D eigenvalue weighted by Gasteiger charge is 2.26. The SMILES string of the molecule is CN(CCCO)C1CCN(C(=O)c2cccc3c2ccn3C)CC1. The van der Waals surface area contributed by atoms with E-state index in [1.807, 2.05) is 36.3 Å². The number of amides is 1. The van der Waals surface area contributed by atoms with Crippen molar-refractivity contribution in [1.82, 2.24) is 14.4 Å². The van der Waals surface area contributed by atoms with Gasteiger partial charge in [-0.2, -0.15) is 0 Å². The molecule has 24 heavy (non-hydrogen) atoms. The van der Waals surface area contributed by atoms with E-state index in [9.17, 15) is 4.79 Å². The summed E-state index contributed by atoms with van der Waals surface area (Å²) in [7, 11) is 4.12. The minimum absolute atomic E-state index is 0.142. The summed E-state index contributed by atoms with van der Waals surface area (Å²) < 4.78 is 2.05. The number of benzene rings is 1. The number of likely N-dealkylation sites (tertiary alicyclic amines) is 1. The lowest BCUT2D eigenvalue weighted by Crippen LogP contribution is -2.45. The fourth-order valence-corrected chi connectivity index (χ4v) is 3.67. The molecule has 1 aliphatic heterocycles. The quantitative estimate of drug-likeness (QED) is 0.914. The lowest BCUT2D eigenvalue weighted by molar-refractivity contribution is 0.0643. The smallest absolute Gasteiger partial charge is 0.254 e. The van der Waals surface area contributed by atoms with Gasteiger partial charge in [0, 0.05) is 62.0 Å². The molecule has 0 unspecified atom stereocenters. The molecule has 1 aliphatic rings. The van der Waals surface area contributed by atoms with Crippen LogP contribution in [-0.4, -0.2) is 64.7 Å². The molecule has 1 saturated heterocycles. The van der Waals surface area contributed by atoms with E-state index in [-0.39, 0.29) is 12.5 Å². The van der Waals surface area contributed by atoms with Crippen LogP contribution in [0.3, 0.4) is 0 Å². The fraction of sp³-hybridized carbons (Fsp3) is 0.526. The van der Waals surface area contributed by atoms with Gasteiger partial charge in [-0.15, -0.1) is 0 Å². The van der Waals surface area contributed by atoms with Crippen molar-refractivity contribution in [3.05, 3.63) is 36.0 Å². The zero-order valence-electron chi connectivity index (χ0n) is 14.6. The van der Waals surface area contributed by atoms with Crippen LogP contribution < -0.4 is 0 Å². The van der Waals surface area contributed by atoms with Crippen LogP contribution >= 0.6 is 0 Å². The summed E-state index contributed by atoms with van der Waals surface area (Å²) in [6.45, 7) is 2.76. The van der Waals surface area contributed by atoms with Gasteiger partial charge in [-0.05, 0) is 44.5 Å². The summed E-state index contributed by atoms with van der Waals surface area (Å²) in [6, 6.07) is 8.48. The molecule has 1 aromatic heterocycles. The molecule has 1 fully saturated rings. The summed E-state index contributed by atoms with van der Waals surface area (Å²) in [5.74, 6) is 0.142. The average Bonchev–Trinajstić information content (AvgIpc) is 3.00. The lowest BCUT2D eigenvalue weighted by Gasteiger charge is -2.36. The largest absolute Gasteiger partial charge is 0.396 e. The van der Waals surface area contributed by atoms with E-state index in [0.29, 0.717) is 6.04 Å². The van der Waals surface area contributed by atoms with Gasteiger partial charge in [-0.1, -0.05) is 6.07 Å². The number of aliphatic hydroxyl groups is 1. The van der Waals surface area contributed by atoms with Crippen LogP contribution in [0.4, 0.5) is 0 Å². The molecule has 5 heteroatoms. The number of hydrogen-bond acceptors (Lipinski definition) is 3. The Bertz CT molecular complexity index is 702. The van der Waals surface area contributed by atoms with Gasteiger partial charge in [0.15, 0.2) is 0 Å². The second-order valence-corrected chi connectivity index (χ2v) is 6.75. The predicted octanol–water partition coefficient (Wildman–Crippen LogP) is 2.10. The molecular weight excluding hydrogens is 302 g/mol. The van der Waals surface area contributed by atoms with Gasteiger partial charge in [0.05, 0.1) is 0 Å². The highest BCUT2D eigenvalue weighted by molar-refractivity contribution is 6.06. The maximum absolute atomic E-state index is 12.9. The Morgan fingerprint density at radius 2 is 2.04 bits per heavy atom. The van der Waals surface area contributed by atoms with E-state index in [4.69, 9.17) is 5.11 Å². The standard InChI is InChI=1S/C19H27N3O2/c1-20(10-4-14-23)15-7-12-22(13-8-15)19(24)17-5-3-6-18-16(17)9-11-21(18)2/h3,5-6,9,11,15,23H,4,7-8,10,12-14H2,1-2H3. The van der Waals surface area contributed by atoms with Gasteiger partial charge in [0.25, 0.3) is 5.91 Å². The number of fused-ring (bicyclic) bond motifs is 1. The van der Waals surface area contributed by atoms with Gasteiger partial charge < -0.3 is 19.5 Å². The Morgan fingerprint density at radius 1 is 1.29 bits per heavy atom. The van der Waals surface area contributed by atoms with Crippen LogP contribution in [0.25, 0.3) is 10.9 Å². The Kier molecular flexibility index (Phi) is 5.21. The van der Waals surface area contributed by atoms with E-state index in [0.717, 1.165) is 55.4 Å². The number of aryl methyl sites for hydroxylation is 1. The molecule has 0 radical (unpaired) electrons. The summed E-state index contributed by atoms with van der Waals surface area (Å²) >= 11 is 0. The highest BCUT2D eigenvalue weighted by atomic mass is 16.3. The Labute approximate surface area is 143 Å². The first-order chi connectivity index (χ1) is 11.6. The topological polar surface area (TPSA) is 48.7 Å². The van der Waals surface area contributed by atoms with E-state index in [1.165, 1.54) is 0 Å². The van der Waals surface area contributed by atoms with Gasteiger partial charge >= 0.3 is 0 Å². The summed E-state index contributed by atoms with van der Waals surface area (Å²) in [4.78, 5) is 17.2. The molecular formula is C19H27N3O2. The second kappa shape index (κ2) is 7.36. The normalized spacial score (nSPS) is 16.2. The molecule has 0 saturated carbocycles. The maximum atomic E-state index is 12.9. The van der Waals surface area contributed by atoms with Crippen LogP contribution in [-0.2, 0) is 7.05 Å². The molecule has 0 spiro atoms. The lowest BCUT2D eigenvalue weighted by atomic mass is 10.0. The van der Waals surface area contributed by atoms with Crippen LogP contribution in [0.2, 0.25) is 0 Å². The predicted molar refractivity (Wildman–Crippen MR) is 96.2 cm³/mol. The van der Waals surface area contributed by atoms with E-state index in [1.54, 1.807) is 0 Å². The van der Waals surface area contributed by atoms with Crippen LogP contribution in [0.15, 0.2) is 30.5 Å². The molecule has 130 valence electrons. The van der Waals surface area contributed by atoms with Crippen LogP contribution in [0.1, 0.15) is 29.6 Å². The Hall–Kier alpha value is -1.85. The average molecular weight is 329 g/mol. The van der Waals surface area contributed by atoms with Crippen molar-refractivity contribution in [3.63, 3.8) is 0 Å². The van der Waals surface area contributed by atoms with Crippen molar-refractivity contribution in [3.8, 4) is 0 Å². The van der Waals surface area contributed by atoms with Crippen molar-refractivity contribution in [2.45, 2.75) is 25.3 Å². The molecule has 1 amide bonds. The zero-order chi connectivity index (χ0) is 17.1. The number of nitrogens with zero attached hydrogens (tertiary/aromatic N) is 3. The van der Waals surface area contributed by atoms with E-state index < -0.39 is 0 Å². The third-order valence-corrected chi connectivity index (χ3v) is 5.20. The molecule has 2 aromatic rings. The van der Waals surface area contributed by atoms with Crippen LogP contribution in [0.5, 0.6) is 0 Å². The minimum atomic E-state index is 0.142. The minimum Gasteiger partial charge on any atom is -0.396 e. The Balaban J connectivity index is 1.67. The van der Waals surface area contributed by atoms with E-state index >= 15 is 0 Å². The van der Waals surface area contributed by atoms with Gasteiger partial charge in [-0.25, -0.2) is 0 Å². The molecule has 2 heterocycles. The number of aromatic nitrogens is 1. The number of rotatable bonds is 5. The zero-order valence-corrected chi connectivity index (χ0v) is 14.6.